The van der Waals surface area contributed by atoms with Gasteiger partial charge in [0.05, 0.1) is 0 Å². The van der Waals surface area contributed by atoms with Crippen molar-refractivity contribution in [1.29, 1.82) is 0 Å². The van der Waals surface area contributed by atoms with Crippen molar-refractivity contribution in [2.24, 2.45) is 0 Å². The Morgan fingerprint density at radius 2 is 1.39 bits per heavy atom. The molecule has 2 aromatic rings. The van der Waals surface area contributed by atoms with Crippen molar-refractivity contribution in [3.05, 3.63) is 65.2 Å². The quantitative estimate of drug-likeness (QED) is 0.554. The predicted molar refractivity (Wildman–Crippen MR) is 101 cm³/mol. The molecule has 0 aliphatic rings. The Kier molecular flexibility index (Phi) is 6.73. The Morgan fingerprint density at radius 1 is 0.826 bits per heavy atom. The summed E-state index contributed by atoms with van der Waals surface area (Å²) in [7, 11) is 0. The number of thioether (sulfide) groups is 1. The van der Waals surface area contributed by atoms with Crippen LogP contribution in [0.4, 0.5) is 0 Å². The van der Waals surface area contributed by atoms with E-state index in [2.05, 4.69) is 69.3 Å². The van der Waals surface area contributed by atoms with Crippen LogP contribution in [0.2, 0.25) is 0 Å². The highest BCUT2D eigenvalue weighted by Crippen LogP contribution is 2.26. The summed E-state index contributed by atoms with van der Waals surface area (Å²) < 4.78 is 0. The van der Waals surface area contributed by atoms with Crippen molar-refractivity contribution in [3.8, 4) is 0 Å². The van der Waals surface area contributed by atoms with E-state index in [4.69, 9.17) is 5.11 Å². The van der Waals surface area contributed by atoms with Crippen LogP contribution >= 0.6 is 11.8 Å². The summed E-state index contributed by atoms with van der Waals surface area (Å²) in [6, 6.07) is 17.6. The summed E-state index contributed by atoms with van der Waals surface area (Å²) in [5.41, 5.74) is 4.22. The highest BCUT2D eigenvalue weighted by Gasteiger charge is 2.12. The van der Waals surface area contributed by atoms with Crippen molar-refractivity contribution in [2.75, 3.05) is 12.4 Å². The molecule has 0 unspecified atom stereocenters. The van der Waals surface area contributed by atoms with Crippen LogP contribution in [-0.4, -0.2) is 17.5 Å². The van der Waals surface area contributed by atoms with Crippen LogP contribution in [0.15, 0.2) is 53.4 Å². The van der Waals surface area contributed by atoms with E-state index in [1.165, 1.54) is 28.0 Å². The van der Waals surface area contributed by atoms with E-state index in [1.54, 1.807) is 0 Å². The number of aliphatic hydroxyl groups is 1. The summed E-state index contributed by atoms with van der Waals surface area (Å²) in [5.74, 6) is 1.15. The molecule has 0 aromatic heterocycles. The van der Waals surface area contributed by atoms with E-state index in [0.29, 0.717) is 0 Å². The van der Waals surface area contributed by atoms with Gasteiger partial charge in [0.15, 0.2) is 0 Å². The number of rotatable bonds is 7. The largest absolute Gasteiger partial charge is 0.396 e. The van der Waals surface area contributed by atoms with E-state index in [9.17, 15) is 0 Å². The third-order valence-electron chi connectivity index (χ3n) is 4.02. The van der Waals surface area contributed by atoms with Crippen LogP contribution in [-0.2, 0) is 18.3 Å². The zero-order valence-corrected chi connectivity index (χ0v) is 15.3. The molecular weight excluding hydrogens is 300 g/mol. The Bertz CT molecular complexity index is 579. The molecule has 0 spiro atoms. The van der Waals surface area contributed by atoms with Gasteiger partial charge in [0.2, 0.25) is 0 Å². The topological polar surface area (TPSA) is 20.2 Å². The first-order valence-corrected chi connectivity index (χ1v) is 9.39. The lowest BCUT2D eigenvalue weighted by Crippen LogP contribution is -2.10. The molecule has 124 valence electrons. The fourth-order valence-corrected chi connectivity index (χ4v) is 3.37. The van der Waals surface area contributed by atoms with Crippen LogP contribution in [0.5, 0.6) is 0 Å². The maximum Gasteiger partial charge on any atom is 0.0471 e. The van der Waals surface area contributed by atoms with Gasteiger partial charge in [-0.1, -0.05) is 57.2 Å². The molecule has 1 nitrogen and oxygen atoms in total. The average molecular weight is 329 g/mol. The van der Waals surface area contributed by atoms with Crippen LogP contribution < -0.4 is 0 Å². The summed E-state index contributed by atoms with van der Waals surface area (Å²) in [4.78, 5) is 1.36. The minimum Gasteiger partial charge on any atom is -0.396 e. The second-order valence-corrected chi connectivity index (χ2v) is 8.18. The van der Waals surface area contributed by atoms with Crippen LogP contribution in [0.3, 0.4) is 0 Å². The molecule has 2 rings (SSSR count). The lowest BCUT2D eigenvalue weighted by molar-refractivity contribution is 0.299. The number of benzene rings is 2. The third kappa shape index (κ3) is 6.04. The minimum absolute atomic E-state index is 0.226. The van der Waals surface area contributed by atoms with Gasteiger partial charge in [0.1, 0.15) is 0 Å². The molecule has 0 heterocycles. The zero-order valence-electron chi connectivity index (χ0n) is 14.5. The first kappa shape index (κ1) is 18.1. The fourth-order valence-electron chi connectivity index (χ4n) is 2.52. The number of aliphatic hydroxyl groups excluding tert-OH is 1. The Balaban J connectivity index is 1.74. The Hall–Kier alpha value is -1.25. The van der Waals surface area contributed by atoms with E-state index >= 15 is 0 Å². The molecule has 0 saturated heterocycles. The number of aryl methyl sites for hydroxylation is 1. The van der Waals surface area contributed by atoms with Gasteiger partial charge in [-0.15, -0.1) is 11.8 Å². The summed E-state index contributed by atoms with van der Waals surface area (Å²) >= 11 is 1.94. The molecule has 23 heavy (non-hydrogen) atoms. The first-order chi connectivity index (χ1) is 11.0. The lowest BCUT2D eigenvalue weighted by Gasteiger charge is -2.19. The molecule has 0 saturated carbocycles. The molecule has 1 N–H and O–H groups in total. The summed E-state index contributed by atoms with van der Waals surface area (Å²) in [5, 5.41) is 8.93. The van der Waals surface area contributed by atoms with Crippen molar-refractivity contribution >= 4 is 11.8 Å². The van der Waals surface area contributed by atoms with Gasteiger partial charge in [-0.2, -0.15) is 0 Å². The number of hydrogen-bond acceptors (Lipinski definition) is 2. The second kappa shape index (κ2) is 8.56. The van der Waals surface area contributed by atoms with Gasteiger partial charge >= 0.3 is 0 Å². The van der Waals surface area contributed by atoms with Gasteiger partial charge in [-0.3, -0.25) is 0 Å². The first-order valence-electron chi connectivity index (χ1n) is 8.41. The van der Waals surface area contributed by atoms with Gasteiger partial charge in [-0.05, 0) is 59.3 Å². The molecule has 0 amide bonds. The van der Waals surface area contributed by atoms with E-state index in [-0.39, 0.29) is 12.0 Å². The maximum atomic E-state index is 8.93. The average Bonchev–Trinajstić information content (AvgIpc) is 2.53. The Labute approximate surface area is 145 Å². The smallest absolute Gasteiger partial charge is 0.0471 e. The van der Waals surface area contributed by atoms with Crippen molar-refractivity contribution < 1.29 is 5.11 Å². The van der Waals surface area contributed by atoms with E-state index in [0.717, 1.165) is 18.6 Å². The van der Waals surface area contributed by atoms with E-state index in [1.807, 2.05) is 11.8 Å². The third-order valence-corrected chi connectivity index (χ3v) is 5.12. The lowest BCUT2D eigenvalue weighted by atomic mass is 9.87. The predicted octanol–water partition coefficient (Wildman–Crippen LogP) is 5.24. The van der Waals surface area contributed by atoms with Gasteiger partial charge in [0, 0.05) is 11.5 Å². The van der Waals surface area contributed by atoms with Gasteiger partial charge < -0.3 is 5.11 Å². The minimum atomic E-state index is 0.226. The standard InChI is InChI=1S/C21H28OS/c1-21(2,3)19-10-12-20(13-11-19)23-16-4-5-17-6-8-18(9-7-17)14-15-22/h6-13,22H,4-5,14-16H2,1-3H3. The molecule has 0 aliphatic heterocycles. The van der Waals surface area contributed by atoms with E-state index < -0.39 is 0 Å². The highest BCUT2D eigenvalue weighted by molar-refractivity contribution is 7.99. The Morgan fingerprint density at radius 3 is 1.91 bits per heavy atom. The molecule has 2 heteroatoms. The summed E-state index contributed by atoms with van der Waals surface area (Å²) in [6.45, 7) is 6.98. The molecule has 0 atom stereocenters. The molecule has 0 radical (unpaired) electrons. The normalized spacial score (nSPS) is 11.7. The monoisotopic (exact) mass is 328 g/mol. The van der Waals surface area contributed by atoms with Crippen LogP contribution in [0, 0.1) is 0 Å². The van der Waals surface area contributed by atoms with Crippen molar-refractivity contribution in [1.82, 2.24) is 0 Å². The van der Waals surface area contributed by atoms with Crippen molar-refractivity contribution in [3.63, 3.8) is 0 Å². The van der Waals surface area contributed by atoms with Crippen LogP contribution in [0.25, 0.3) is 0 Å². The zero-order chi connectivity index (χ0) is 16.7. The second-order valence-electron chi connectivity index (χ2n) is 7.02. The molecular formula is C21H28OS. The highest BCUT2D eigenvalue weighted by atomic mass is 32.2. The molecule has 0 aliphatic carbocycles. The maximum absolute atomic E-state index is 8.93. The summed E-state index contributed by atoms with van der Waals surface area (Å²) in [6.07, 6.45) is 3.05. The van der Waals surface area contributed by atoms with Crippen LogP contribution in [0.1, 0.15) is 43.9 Å². The SMILES string of the molecule is CC(C)(C)c1ccc(SCCCc2ccc(CCO)cc2)cc1. The molecule has 0 fully saturated rings. The molecule has 0 bridgehead atoms. The van der Waals surface area contributed by atoms with Gasteiger partial charge in [-0.25, -0.2) is 0 Å². The molecule has 2 aromatic carbocycles. The van der Waals surface area contributed by atoms with Gasteiger partial charge in [0.25, 0.3) is 0 Å². The van der Waals surface area contributed by atoms with Crippen molar-refractivity contribution in [2.45, 2.75) is 50.3 Å². The number of hydrogen-bond donors (Lipinski definition) is 1. The fraction of sp³-hybridized carbons (Fsp3) is 0.429.